The van der Waals surface area contributed by atoms with Crippen LogP contribution >= 0.6 is 23.2 Å². The number of ether oxygens (including phenoxy) is 1. The summed E-state index contributed by atoms with van der Waals surface area (Å²) in [5, 5.41) is 10.6. The van der Waals surface area contributed by atoms with Gasteiger partial charge in [0.05, 0.1) is 27.8 Å². The monoisotopic (exact) mass is 535 g/mol. The molecule has 2 aromatic carbocycles. The first kappa shape index (κ1) is 24.5. The number of amides is 2. The van der Waals surface area contributed by atoms with E-state index < -0.39 is 29.2 Å². The molecule has 8 nitrogen and oxygen atoms in total. The van der Waals surface area contributed by atoms with Crippen LogP contribution in [0.3, 0.4) is 0 Å². The molecule has 0 bridgehead atoms. The second-order valence-electron chi connectivity index (χ2n) is 8.82. The molecule has 36 heavy (non-hydrogen) atoms. The number of fused-ring (bicyclic) bond motifs is 2. The zero-order valence-electron chi connectivity index (χ0n) is 19.1. The zero-order valence-corrected chi connectivity index (χ0v) is 20.6. The van der Waals surface area contributed by atoms with Crippen LogP contribution in [0.15, 0.2) is 30.3 Å². The molecule has 1 fully saturated rings. The molecule has 2 N–H and O–H groups in total. The Hall–Kier alpha value is -3.24. The summed E-state index contributed by atoms with van der Waals surface area (Å²) in [6.45, 7) is 2.19. The fourth-order valence-corrected chi connectivity index (χ4v) is 5.29. The number of anilines is 1. The van der Waals surface area contributed by atoms with E-state index in [0.717, 1.165) is 5.56 Å². The fourth-order valence-electron chi connectivity index (χ4n) is 4.94. The smallest absolute Gasteiger partial charge is 0.412 e. The molecule has 5 rings (SSSR count). The molecule has 0 saturated carbocycles. The number of likely N-dealkylation sites (tertiary alicyclic amines) is 1. The van der Waals surface area contributed by atoms with Crippen molar-refractivity contribution >= 4 is 40.9 Å². The Morgan fingerprint density at radius 3 is 2.78 bits per heavy atom. The van der Waals surface area contributed by atoms with Crippen molar-refractivity contribution in [1.82, 2.24) is 20.1 Å². The van der Waals surface area contributed by atoms with Crippen molar-refractivity contribution in [2.45, 2.75) is 37.7 Å². The van der Waals surface area contributed by atoms with Crippen molar-refractivity contribution in [3.05, 3.63) is 74.8 Å². The summed E-state index contributed by atoms with van der Waals surface area (Å²) in [4.78, 5) is 30.1. The normalized spacial score (nSPS) is 20.0. The molecule has 1 unspecified atom stereocenters. The first-order valence-corrected chi connectivity index (χ1v) is 12.1. The predicted molar refractivity (Wildman–Crippen MR) is 128 cm³/mol. The summed E-state index contributed by atoms with van der Waals surface area (Å²) in [5.41, 5.74) is -0.292. The second-order valence-corrected chi connectivity index (χ2v) is 9.63. The Morgan fingerprint density at radius 1 is 1.22 bits per heavy atom. The quantitative estimate of drug-likeness (QED) is 0.451. The molecule has 2 aliphatic rings. The highest BCUT2D eigenvalue weighted by molar-refractivity contribution is 6.31. The minimum atomic E-state index is -1.39. The second kappa shape index (κ2) is 9.33. The Morgan fingerprint density at radius 2 is 2.03 bits per heavy atom. The van der Waals surface area contributed by atoms with Crippen LogP contribution in [0, 0.1) is 11.6 Å². The van der Waals surface area contributed by atoms with E-state index in [1.165, 1.54) is 29.2 Å². The summed E-state index contributed by atoms with van der Waals surface area (Å²) in [6.07, 6.45) is 0.637. The molecule has 2 aliphatic heterocycles. The Labute approximate surface area is 214 Å². The summed E-state index contributed by atoms with van der Waals surface area (Å²) in [6, 6.07) is 7.27. The third-order valence-corrected chi connectivity index (χ3v) is 7.19. The number of halogens is 4. The van der Waals surface area contributed by atoms with Crippen molar-refractivity contribution in [1.29, 1.82) is 0 Å². The predicted octanol–water partition coefficient (Wildman–Crippen LogP) is 5.63. The fraction of sp³-hybridized carbons (Fsp3) is 0.333. The van der Waals surface area contributed by atoms with Crippen LogP contribution in [0.4, 0.5) is 19.3 Å². The van der Waals surface area contributed by atoms with Crippen LogP contribution in [0.1, 0.15) is 59.7 Å². The van der Waals surface area contributed by atoms with E-state index in [2.05, 4.69) is 20.5 Å². The SMILES string of the molecule is CCC(c1ccc(F)c(Cl)c1)c1nnc(C(=O)N2CCC[C@@]3(C2)OC(=O)Nc2ccc(Cl)c(F)c23)[nH]1. The van der Waals surface area contributed by atoms with Gasteiger partial charge >= 0.3 is 6.09 Å². The number of hydrogen-bond acceptors (Lipinski definition) is 5. The van der Waals surface area contributed by atoms with Gasteiger partial charge in [-0.05, 0) is 49.1 Å². The number of rotatable bonds is 4. The van der Waals surface area contributed by atoms with Crippen LogP contribution in [-0.4, -0.2) is 45.2 Å². The molecule has 188 valence electrons. The van der Waals surface area contributed by atoms with E-state index in [1.807, 2.05) is 6.92 Å². The lowest BCUT2D eigenvalue weighted by Crippen LogP contribution is -2.53. The molecule has 1 spiro atoms. The van der Waals surface area contributed by atoms with Crippen molar-refractivity contribution in [3.8, 4) is 0 Å². The minimum Gasteiger partial charge on any atom is -0.436 e. The molecular weight excluding hydrogens is 515 g/mol. The molecule has 2 atom stereocenters. The highest BCUT2D eigenvalue weighted by Gasteiger charge is 2.49. The van der Waals surface area contributed by atoms with Crippen LogP contribution in [0.25, 0.3) is 0 Å². The highest BCUT2D eigenvalue weighted by Crippen LogP contribution is 2.45. The number of benzene rings is 2. The van der Waals surface area contributed by atoms with Gasteiger partial charge in [-0.1, -0.05) is 36.2 Å². The molecule has 12 heteroatoms. The number of hydrogen-bond donors (Lipinski definition) is 2. The third-order valence-electron chi connectivity index (χ3n) is 6.61. The lowest BCUT2D eigenvalue weighted by molar-refractivity contribution is -0.0420. The number of nitrogens with zero attached hydrogens (tertiary/aromatic N) is 3. The maximum Gasteiger partial charge on any atom is 0.412 e. The molecule has 3 aromatic rings. The average molecular weight is 536 g/mol. The van der Waals surface area contributed by atoms with Gasteiger partial charge in [-0.2, -0.15) is 0 Å². The van der Waals surface area contributed by atoms with Gasteiger partial charge in [-0.15, -0.1) is 10.2 Å². The van der Waals surface area contributed by atoms with Gasteiger partial charge in [0.25, 0.3) is 5.91 Å². The molecule has 1 aromatic heterocycles. The number of carbonyl (C=O) groups excluding carboxylic acids is 2. The van der Waals surface area contributed by atoms with Gasteiger partial charge in [-0.3, -0.25) is 10.1 Å². The summed E-state index contributed by atoms with van der Waals surface area (Å²) in [7, 11) is 0. The van der Waals surface area contributed by atoms with Crippen molar-refractivity contribution in [3.63, 3.8) is 0 Å². The largest absolute Gasteiger partial charge is 0.436 e. The third kappa shape index (κ3) is 4.18. The number of aromatic nitrogens is 3. The average Bonchev–Trinajstić information content (AvgIpc) is 3.33. The first-order chi connectivity index (χ1) is 17.2. The van der Waals surface area contributed by atoms with E-state index in [1.54, 1.807) is 6.07 Å². The van der Waals surface area contributed by atoms with Gasteiger partial charge in [0.2, 0.25) is 5.82 Å². The van der Waals surface area contributed by atoms with E-state index in [4.69, 9.17) is 27.9 Å². The number of H-pyrrole nitrogens is 1. The summed E-state index contributed by atoms with van der Waals surface area (Å²) >= 11 is 12.0. The van der Waals surface area contributed by atoms with E-state index in [0.29, 0.717) is 31.6 Å². The minimum absolute atomic E-state index is 0.00971. The van der Waals surface area contributed by atoms with Crippen molar-refractivity contribution < 1.29 is 23.1 Å². The number of carbonyl (C=O) groups is 2. The van der Waals surface area contributed by atoms with Crippen molar-refractivity contribution in [2.75, 3.05) is 18.4 Å². The molecule has 3 heterocycles. The van der Waals surface area contributed by atoms with Crippen molar-refractivity contribution in [2.24, 2.45) is 0 Å². The number of nitrogens with one attached hydrogen (secondary N) is 2. The topological polar surface area (TPSA) is 100 Å². The first-order valence-electron chi connectivity index (χ1n) is 11.4. The molecule has 0 aliphatic carbocycles. The lowest BCUT2D eigenvalue weighted by Gasteiger charge is -2.44. The highest BCUT2D eigenvalue weighted by atomic mass is 35.5. The van der Waals surface area contributed by atoms with Gasteiger partial charge < -0.3 is 14.6 Å². The Balaban J connectivity index is 1.43. The van der Waals surface area contributed by atoms with E-state index >= 15 is 4.39 Å². The van der Waals surface area contributed by atoms with Crippen LogP contribution in [0.5, 0.6) is 0 Å². The van der Waals surface area contributed by atoms with E-state index in [9.17, 15) is 14.0 Å². The molecule has 0 radical (unpaired) electrons. The molecule has 2 amide bonds. The Kier molecular flexibility index (Phi) is 6.34. The standard InChI is InChI=1S/C24H21Cl2F2N5O3/c1-2-13(12-4-6-16(27)15(26)10-12)20-30-21(32-31-20)22(34)33-9-3-8-24(11-33)18-17(29-23(35)36-24)7-5-14(25)19(18)28/h4-7,10,13H,2-3,8-9,11H2,1H3,(H,29,35)(H,30,31,32)/t13?,24-/m0/s1. The Bertz CT molecular complexity index is 1370. The van der Waals surface area contributed by atoms with Crippen LogP contribution in [-0.2, 0) is 10.3 Å². The van der Waals surface area contributed by atoms with Crippen LogP contribution in [0.2, 0.25) is 10.0 Å². The van der Waals surface area contributed by atoms with Gasteiger partial charge in [0.1, 0.15) is 11.6 Å². The maximum atomic E-state index is 15.1. The van der Waals surface area contributed by atoms with Gasteiger partial charge in [0, 0.05) is 12.5 Å². The van der Waals surface area contributed by atoms with Gasteiger partial charge in [-0.25, -0.2) is 13.6 Å². The lowest BCUT2D eigenvalue weighted by atomic mass is 9.83. The van der Waals surface area contributed by atoms with E-state index in [-0.39, 0.29) is 39.6 Å². The molecular formula is C24H21Cl2F2N5O3. The maximum absolute atomic E-state index is 15.1. The number of piperidine rings is 1. The summed E-state index contributed by atoms with van der Waals surface area (Å²) in [5.74, 6) is -1.58. The molecule has 1 saturated heterocycles. The number of aromatic amines is 1. The van der Waals surface area contributed by atoms with Gasteiger partial charge in [0.15, 0.2) is 11.4 Å². The van der Waals surface area contributed by atoms with Crippen LogP contribution < -0.4 is 5.32 Å². The summed E-state index contributed by atoms with van der Waals surface area (Å²) < 4.78 is 34.3. The zero-order chi connectivity index (χ0) is 25.6.